The van der Waals surface area contributed by atoms with Crippen LogP contribution in [-0.2, 0) is 12.8 Å². The van der Waals surface area contributed by atoms with Crippen molar-refractivity contribution in [1.29, 1.82) is 0 Å². The van der Waals surface area contributed by atoms with E-state index in [0.29, 0.717) is 0 Å². The molecular weight excluding hydrogens is 184 g/mol. The summed E-state index contributed by atoms with van der Waals surface area (Å²) in [6.07, 6.45) is 5.95. The number of rotatable bonds is 4. The fraction of sp³-hybridized carbons (Fsp3) is 0.231. The summed E-state index contributed by atoms with van der Waals surface area (Å²) in [4.78, 5) is 3.07. The Bertz CT molecular complexity index is 387. The number of aromatic nitrogens is 1. The van der Waals surface area contributed by atoms with E-state index in [-0.39, 0.29) is 0 Å². The van der Waals surface area contributed by atoms with Gasteiger partial charge in [0.15, 0.2) is 0 Å². The third kappa shape index (κ3) is 2.70. The second-order valence-electron chi connectivity index (χ2n) is 3.75. The molecular formula is C13H16N2. The van der Waals surface area contributed by atoms with Crippen molar-refractivity contribution in [3.8, 4) is 0 Å². The minimum atomic E-state index is 0.719. The summed E-state index contributed by atoms with van der Waals surface area (Å²) >= 11 is 0. The lowest BCUT2D eigenvalue weighted by Gasteiger charge is -2.02. The smallest absolute Gasteiger partial charge is 0.00407 e. The Morgan fingerprint density at radius 3 is 2.27 bits per heavy atom. The van der Waals surface area contributed by atoms with Crippen molar-refractivity contribution in [2.75, 3.05) is 6.54 Å². The summed E-state index contributed by atoms with van der Waals surface area (Å²) in [6, 6.07) is 10.8. The maximum Gasteiger partial charge on any atom is 0.00407 e. The number of hydrogen-bond acceptors (Lipinski definition) is 1. The molecule has 0 aliphatic rings. The van der Waals surface area contributed by atoms with Crippen molar-refractivity contribution >= 4 is 0 Å². The highest BCUT2D eigenvalue weighted by molar-refractivity contribution is 5.27. The third-order valence-electron chi connectivity index (χ3n) is 2.53. The van der Waals surface area contributed by atoms with Crippen LogP contribution in [0.3, 0.4) is 0 Å². The van der Waals surface area contributed by atoms with Gasteiger partial charge >= 0.3 is 0 Å². The first kappa shape index (κ1) is 9.99. The van der Waals surface area contributed by atoms with Crippen molar-refractivity contribution in [3.63, 3.8) is 0 Å². The average molecular weight is 200 g/mol. The van der Waals surface area contributed by atoms with Crippen molar-refractivity contribution in [1.82, 2.24) is 4.98 Å². The Morgan fingerprint density at radius 1 is 0.933 bits per heavy atom. The van der Waals surface area contributed by atoms with E-state index in [2.05, 4.69) is 35.3 Å². The van der Waals surface area contributed by atoms with E-state index in [1.807, 2.05) is 12.4 Å². The Kier molecular flexibility index (Phi) is 3.20. The second kappa shape index (κ2) is 4.80. The zero-order valence-electron chi connectivity index (χ0n) is 8.74. The molecule has 2 rings (SSSR count). The van der Waals surface area contributed by atoms with Gasteiger partial charge in [0, 0.05) is 12.4 Å². The number of nitrogens with one attached hydrogen (secondary N) is 1. The number of hydrogen-bond donors (Lipinski definition) is 2. The topological polar surface area (TPSA) is 41.8 Å². The largest absolute Gasteiger partial charge is 0.367 e. The number of H-pyrrole nitrogens is 1. The molecule has 2 nitrogen and oxygen atoms in total. The lowest BCUT2D eigenvalue weighted by Crippen LogP contribution is -2.02. The third-order valence-corrected chi connectivity index (χ3v) is 2.53. The normalized spacial score (nSPS) is 10.5. The molecule has 1 aromatic heterocycles. The molecule has 78 valence electrons. The Balaban J connectivity index is 2.04. The second-order valence-corrected chi connectivity index (χ2v) is 3.75. The van der Waals surface area contributed by atoms with E-state index in [1.165, 1.54) is 16.7 Å². The number of benzene rings is 1. The van der Waals surface area contributed by atoms with Crippen molar-refractivity contribution in [2.24, 2.45) is 5.73 Å². The van der Waals surface area contributed by atoms with Crippen LogP contribution in [0.4, 0.5) is 0 Å². The predicted octanol–water partition coefficient (Wildman–Crippen LogP) is 2.11. The summed E-state index contributed by atoms with van der Waals surface area (Å²) in [5, 5.41) is 0. The fourth-order valence-electron chi connectivity index (χ4n) is 1.69. The lowest BCUT2D eigenvalue weighted by atomic mass is 10.0. The molecule has 0 amide bonds. The molecule has 2 aromatic rings. The maximum absolute atomic E-state index is 5.50. The highest BCUT2D eigenvalue weighted by Crippen LogP contribution is 2.10. The molecule has 0 aliphatic carbocycles. The molecule has 3 N–H and O–H groups in total. The van der Waals surface area contributed by atoms with Gasteiger partial charge in [-0.15, -0.1) is 0 Å². The maximum atomic E-state index is 5.50. The fourth-order valence-corrected chi connectivity index (χ4v) is 1.69. The van der Waals surface area contributed by atoms with Gasteiger partial charge in [-0.1, -0.05) is 24.3 Å². The molecule has 15 heavy (non-hydrogen) atoms. The summed E-state index contributed by atoms with van der Waals surface area (Å²) in [5.41, 5.74) is 9.48. The highest BCUT2D eigenvalue weighted by atomic mass is 14.6. The van der Waals surface area contributed by atoms with Gasteiger partial charge in [0.1, 0.15) is 0 Å². The zero-order chi connectivity index (χ0) is 10.5. The molecule has 2 heteroatoms. The van der Waals surface area contributed by atoms with Crippen LogP contribution in [0.25, 0.3) is 0 Å². The molecule has 1 aromatic carbocycles. The van der Waals surface area contributed by atoms with Crippen molar-refractivity contribution in [3.05, 3.63) is 59.4 Å². The predicted molar refractivity (Wildman–Crippen MR) is 62.8 cm³/mol. The van der Waals surface area contributed by atoms with Crippen LogP contribution in [0, 0.1) is 0 Å². The Labute approximate surface area is 90.1 Å². The lowest BCUT2D eigenvalue weighted by molar-refractivity contribution is 0.966. The van der Waals surface area contributed by atoms with E-state index in [1.54, 1.807) is 0 Å². The van der Waals surface area contributed by atoms with Crippen molar-refractivity contribution in [2.45, 2.75) is 12.8 Å². The van der Waals surface area contributed by atoms with Crippen LogP contribution in [0.15, 0.2) is 42.7 Å². The summed E-state index contributed by atoms with van der Waals surface area (Å²) in [5.74, 6) is 0. The molecule has 1 heterocycles. The first-order valence-electron chi connectivity index (χ1n) is 5.28. The molecule has 0 unspecified atom stereocenters. The van der Waals surface area contributed by atoms with E-state index >= 15 is 0 Å². The highest BCUT2D eigenvalue weighted by Gasteiger charge is 1.97. The molecule has 0 aliphatic heterocycles. The van der Waals surface area contributed by atoms with E-state index in [4.69, 9.17) is 5.73 Å². The van der Waals surface area contributed by atoms with Crippen LogP contribution in [0.5, 0.6) is 0 Å². The summed E-state index contributed by atoms with van der Waals surface area (Å²) in [7, 11) is 0. The monoisotopic (exact) mass is 200 g/mol. The van der Waals surface area contributed by atoms with Crippen LogP contribution in [0.1, 0.15) is 16.7 Å². The zero-order valence-corrected chi connectivity index (χ0v) is 8.74. The average Bonchev–Trinajstić information content (AvgIpc) is 2.74. The number of nitrogens with two attached hydrogens (primary N) is 1. The van der Waals surface area contributed by atoms with Gasteiger partial charge in [0.2, 0.25) is 0 Å². The Hall–Kier alpha value is -1.54. The van der Waals surface area contributed by atoms with Crippen LogP contribution < -0.4 is 5.73 Å². The molecule has 0 saturated carbocycles. The van der Waals surface area contributed by atoms with E-state index in [0.717, 1.165) is 19.4 Å². The first-order chi connectivity index (χ1) is 7.38. The SMILES string of the molecule is NCCc1ccc(Cc2cc[nH]c2)cc1. The molecule has 0 radical (unpaired) electrons. The standard InChI is InChI=1S/C13H16N2/c14-7-5-11-1-3-12(4-2-11)9-13-6-8-15-10-13/h1-4,6,8,10,15H,5,7,9,14H2. The van der Waals surface area contributed by atoms with Gasteiger partial charge in [-0.05, 0) is 42.1 Å². The van der Waals surface area contributed by atoms with Crippen LogP contribution >= 0.6 is 0 Å². The van der Waals surface area contributed by atoms with Crippen molar-refractivity contribution < 1.29 is 0 Å². The van der Waals surface area contributed by atoms with Crippen LogP contribution in [0.2, 0.25) is 0 Å². The minimum Gasteiger partial charge on any atom is -0.367 e. The van der Waals surface area contributed by atoms with E-state index in [9.17, 15) is 0 Å². The molecule has 0 spiro atoms. The minimum absolute atomic E-state index is 0.719. The molecule has 0 atom stereocenters. The van der Waals surface area contributed by atoms with Gasteiger partial charge in [0.05, 0.1) is 0 Å². The van der Waals surface area contributed by atoms with Gasteiger partial charge in [-0.2, -0.15) is 0 Å². The van der Waals surface area contributed by atoms with Gasteiger partial charge < -0.3 is 10.7 Å². The summed E-state index contributed by atoms with van der Waals surface area (Å²) < 4.78 is 0. The quantitative estimate of drug-likeness (QED) is 0.779. The Morgan fingerprint density at radius 2 is 1.67 bits per heavy atom. The van der Waals surface area contributed by atoms with E-state index < -0.39 is 0 Å². The molecule has 0 fully saturated rings. The van der Waals surface area contributed by atoms with Crippen LogP contribution in [-0.4, -0.2) is 11.5 Å². The van der Waals surface area contributed by atoms with Gasteiger partial charge in [0.25, 0.3) is 0 Å². The molecule has 0 bridgehead atoms. The van der Waals surface area contributed by atoms with Gasteiger partial charge in [-0.25, -0.2) is 0 Å². The first-order valence-corrected chi connectivity index (χ1v) is 5.28. The molecule has 0 saturated heterocycles. The summed E-state index contributed by atoms with van der Waals surface area (Å²) in [6.45, 7) is 0.719. The number of aromatic amines is 1. The van der Waals surface area contributed by atoms with Gasteiger partial charge in [-0.3, -0.25) is 0 Å².